The summed E-state index contributed by atoms with van der Waals surface area (Å²) in [5, 5.41) is 0.389. The van der Waals surface area contributed by atoms with E-state index in [1.807, 2.05) is 32.0 Å². The third-order valence-electron chi connectivity index (χ3n) is 2.95. The van der Waals surface area contributed by atoms with Gasteiger partial charge < -0.3 is 4.74 Å². The highest BCUT2D eigenvalue weighted by Gasteiger charge is 2.05. The standard InChI is InChI=1S/C15H14ClFO/c1-10-4-3-5-15(11(10)2)18-9-12-6-7-13(17)8-14(12)16/h3-8H,9H2,1-2H3. The molecular weight excluding hydrogens is 251 g/mol. The summed E-state index contributed by atoms with van der Waals surface area (Å²) >= 11 is 5.95. The molecule has 0 N–H and O–H groups in total. The lowest BCUT2D eigenvalue weighted by Gasteiger charge is -2.11. The molecule has 0 radical (unpaired) electrons. The van der Waals surface area contributed by atoms with E-state index >= 15 is 0 Å². The average molecular weight is 265 g/mol. The van der Waals surface area contributed by atoms with E-state index in [0.29, 0.717) is 11.6 Å². The summed E-state index contributed by atoms with van der Waals surface area (Å²) in [5.74, 6) is 0.492. The molecule has 2 aromatic carbocycles. The van der Waals surface area contributed by atoms with E-state index in [1.54, 1.807) is 6.07 Å². The summed E-state index contributed by atoms with van der Waals surface area (Å²) < 4.78 is 18.6. The molecule has 0 atom stereocenters. The zero-order valence-corrected chi connectivity index (χ0v) is 11.1. The minimum absolute atomic E-state index is 0.337. The summed E-state index contributed by atoms with van der Waals surface area (Å²) in [4.78, 5) is 0. The van der Waals surface area contributed by atoms with Crippen LogP contribution in [0.5, 0.6) is 5.75 Å². The van der Waals surface area contributed by atoms with Crippen LogP contribution in [-0.2, 0) is 6.61 Å². The van der Waals surface area contributed by atoms with E-state index in [2.05, 4.69) is 0 Å². The molecule has 1 nitrogen and oxygen atoms in total. The monoisotopic (exact) mass is 264 g/mol. The van der Waals surface area contributed by atoms with Gasteiger partial charge in [-0.1, -0.05) is 29.8 Å². The highest BCUT2D eigenvalue weighted by atomic mass is 35.5. The molecule has 0 fully saturated rings. The van der Waals surface area contributed by atoms with E-state index in [0.717, 1.165) is 16.9 Å². The van der Waals surface area contributed by atoms with Gasteiger partial charge in [0.15, 0.2) is 0 Å². The Balaban J connectivity index is 2.14. The van der Waals surface area contributed by atoms with Crippen molar-refractivity contribution in [2.45, 2.75) is 20.5 Å². The Morgan fingerprint density at radius 1 is 1.17 bits per heavy atom. The number of halogens is 2. The molecule has 18 heavy (non-hydrogen) atoms. The molecule has 94 valence electrons. The van der Waals surface area contributed by atoms with Gasteiger partial charge in [-0.15, -0.1) is 0 Å². The second-order valence-corrected chi connectivity index (χ2v) is 4.63. The lowest BCUT2D eigenvalue weighted by atomic mass is 10.1. The van der Waals surface area contributed by atoms with E-state index in [-0.39, 0.29) is 5.82 Å². The number of rotatable bonds is 3. The molecule has 0 spiro atoms. The largest absolute Gasteiger partial charge is 0.489 e. The van der Waals surface area contributed by atoms with Crippen LogP contribution >= 0.6 is 11.6 Å². The highest BCUT2D eigenvalue weighted by molar-refractivity contribution is 6.31. The highest BCUT2D eigenvalue weighted by Crippen LogP contribution is 2.24. The maximum absolute atomic E-state index is 12.9. The van der Waals surface area contributed by atoms with Gasteiger partial charge in [0.25, 0.3) is 0 Å². The van der Waals surface area contributed by atoms with Gasteiger partial charge in [-0.05, 0) is 43.2 Å². The van der Waals surface area contributed by atoms with Crippen LogP contribution in [0.2, 0.25) is 5.02 Å². The van der Waals surface area contributed by atoms with Gasteiger partial charge in [0.1, 0.15) is 18.2 Å². The fourth-order valence-electron chi connectivity index (χ4n) is 1.67. The third-order valence-corrected chi connectivity index (χ3v) is 3.31. The van der Waals surface area contributed by atoms with Crippen LogP contribution in [0.15, 0.2) is 36.4 Å². The minimum atomic E-state index is -0.338. The first-order chi connectivity index (χ1) is 8.58. The van der Waals surface area contributed by atoms with Gasteiger partial charge in [0.05, 0.1) is 5.02 Å². The van der Waals surface area contributed by atoms with Crippen molar-refractivity contribution in [3.63, 3.8) is 0 Å². The first-order valence-corrected chi connectivity index (χ1v) is 6.08. The second-order valence-electron chi connectivity index (χ2n) is 4.22. The summed E-state index contributed by atoms with van der Waals surface area (Å²) in [5.41, 5.74) is 3.06. The molecule has 2 rings (SSSR count). The number of aryl methyl sites for hydroxylation is 1. The van der Waals surface area contributed by atoms with Gasteiger partial charge in [-0.3, -0.25) is 0 Å². The zero-order chi connectivity index (χ0) is 13.1. The Labute approximate surface area is 111 Å². The zero-order valence-electron chi connectivity index (χ0n) is 10.3. The van der Waals surface area contributed by atoms with Crippen LogP contribution in [0.3, 0.4) is 0 Å². The summed E-state index contributed by atoms with van der Waals surface area (Å²) in [6, 6.07) is 10.2. The molecule has 0 aliphatic carbocycles. The van der Waals surface area contributed by atoms with Crippen LogP contribution in [0, 0.1) is 19.7 Å². The fraction of sp³-hybridized carbons (Fsp3) is 0.200. The summed E-state index contributed by atoms with van der Waals surface area (Å²) in [6.45, 7) is 4.38. The molecule has 3 heteroatoms. The van der Waals surface area contributed by atoms with Crippen molar-refractivity contribution in [3.8, 4) is 5.75 Å². The molecule has 0 unspecified atom stereocenters. The molecular formula is C15H14ClFO. The molecule has 0 saturated carbocycles. The van der Waals surface area contributed by atoms with Crippen molar-refractivity contribution >= 4 is 11.6 Å². The van der Waals surface area contributed by atoms with Crippen LogP contribution in [-0.4, -0.2) is 0 Å². The topological polar surface area (TPSA) is 9.23 Å². The maximum atomic E-state index is 12.9. The molecule has 2 aromatic rings. The predicted molar refractivity (Wildman–Crippen MR) is 71.7 cm³/mol. The number of hydrogen-bond donors (Lipinski definition) is 0. The normalized spacial score (nSPS) is 10.4. The van der Waals surface area contributed by atoms with Crippen molar-refractivity contribution < 1.29 is 9.13 Å². The minimum Gasteiger partial charge on any atom is -0.489 e. The average Bonchev–Trinajstić information content (AvgIpc) is 2.33. The molecule has 0 aromatic heterocycles. The quantitative estimate of drug-likeness (QED) is 0.782. The van der Waals surface area contributed by atoms with Gasteiger partial charge in [-0.25, -0.2) is 4.39 Å². The van der Waals surface area contributed by atoms with Crippen molar-refractivity contribution in [3.05, 3.63) is 63.9 Å². The van der Waals surface area contributed by atoms with Crippen molar-refractivity contribution in [2.24, 2.45) is 0 Å². The third kappa shape index (κ3) is 2.82. The first-order valence-electron chi connectivity index (χ1n) is 5.71. The van der Waals surface area contributed by atoms with Crippen molar-refractivity contribution in [1.82, 2.24) is 0 Å². The molecule has 0 saturated heterocycles. The Kier molecular flexibility index (Phi) is 3.87. The van der Waals surface area contributed by atoms with Crippen LogP contribution in [0.1, 0.15) is 16.7 Å². The van der Waals surface area contributed by atoms with E-state index in [4.69, 9.17) is 16.3 Å². The summed E-state index contributed by atoms with van der Waals surface area (Å²) in [6.07, 6.45) is 0. The molecule has 0 bridgehead atoms. The van der Waals surface area contributed by atoms with Crippen molar-refractivity contribution in [2.75, 3.05) is 0 Å². The van der Waals surface area contributed by atoms with Crippen LogP contribution < -0.4 is 4.74 Å². The van der Waals surface area contributed by atoms with E-state index in [1.165, 1.54) is 17.7 Å². The summed E-state index contributed by atoms with van der Waals surface area (Å²) in [7, 11) is 0. The second kappa shape index (κ2) is 5.40. The van der Waals surface area contributed by atoms with Gasteiger partial charge in [-0.2, -0.15) is 0 Å². The fourth-order valence-corrected chi connectivity index (χ4v) is 1.90. The maximum Gasteiger partial charge on any atom is 0.124 e. The first kappa shape index (κ1) is 12.9. The SMILES string of the molecule is Cc1cccc(OCc2ccc(F)cc2Cl)c1C. The Bertz CT molecular complexity index is 566. The van der Waals surface area contributed by atoms with Crippen LogP contribution in [0.25, 0.3) is 0 Å². The van der Waals surface area contributed by atoms with E-state index in [9.17, 15) is 4.39 Å². The van der Waals surface area contributed by atoms with E-state index < -0.39 is 0 Å². The number of hydrogen-bond acceptors (Lipinski definition) is 1. The van der Waals surface area contributed by atoms with Gasteiger partial charge >= 0.3 is 0 Å². The number of benzene rings is 2. The van der Waals surface area contributed by atoms with Crippen LogP contribution in [0.4, 0.5) is 4.39 Å². The number of ether oxygens (including phenoxy) is 1. The molecule has 0 aliphatic rings. The van der Waals surface area contributed by atoms with Gasteiger partial charge in [0, 0.05) is 5.56 Å². The molecule has 0 aliphatic heterocycles. The molecule has 0 amide bonds. The van der Waals surface area contributed by atoms with Gasteiger partial charge in [0.2, 0.25) is 0 Å². The lowest BCUT2D eigenvalue weighted by Crippen LogP contribution is -1.99. The Hall–Kier alpha value is -1.54. The predicted octanol–water partition coefficient (Wildman–Crippen LogP) is 4.67. The Morgan fingerprint density at radius 2 is 1.94 bits per heavy atom. The smallest absolute Gasteiger partial charge is 0.124 e. The Morgan fingerprint density at radius 3 is 2.67 bits per heavy atom. The molecule has 0 heterocycles. The lowest BCUT2D eigenvalue weighted by molar-refractivity contribution is 0.304. The van der Waals surface area contributed by atoms with Crippen molar-refractivity contribution in [1.29, 1.82) is 0 Å².